The number of nitrogens with zero attached hydrogens (tertiary/aromatic N) is 8. The first-order chi connectivity index (χ1) is 17.8. The molecule has 4 heterocycles. The van der Waals surface area contributed by atoms with Crippen molar-refractivity contribution in [2.24, 2.45) is 7.05 Å². The Labute approximate surface area is 218 Å². The summed E-state index contributed by atoms with van der Waals surface area (Å²) in [5, 5.41) is 14.6. The van der Waals surface area contributed by atoms with Gasteiger partial charge >= 0.3 is 5.69 Å². The number of nitriles is 1. The monoisotopic (exact) mass is 522 g/mol. The first-order valence-corrected chi connectivity index (χ1v) is 13.5. The second-order valence-corrected chi connectivity index (χ2v) is 10.9. The zero-order chi connectivity index (χ0) is 26.4. The van der Waals surface area contributed by atoms with Crippen LogP contribution in [-0.4, -0.2) is 54.4 Å². The van der Waals surface area contributed by atoms with Crippen LogP contribution in [0.25, 0.3) is 21.3 Å². The number of hydrogen-bond donors (Lipinski definition) is 0. The number of benzene rings is 1. The Morgan fingerprint density at radius 1 is 1.22 bits per heavy atom. The summed E-state index contributed by atoms with van der Waals surface area (Å²) in [5.41, 5.74) is 2.30. The molecule has 1 aromatic carbocycles. The number of anilines is 1. The van der Waals surface area contributed by atoms with Gasteiger partial charge in [-0.2, -0.15) is 15.3 Å². The third-order valence-electron chi connectivity index (χ3n) is 7.57. The van der Waals surface area contributed by atoms with E-state index >= 15 is 4.39 Å². The van der Waals surface area contributed by atoms with Crippen molar-refractivity contribution in [2.75, 3.05) is 18.0 Å². The smallest absolute Gasteiger partial charge is 0.349 e. The van der Waals surface area contributed by atoms with E-state index in [4.69, 9.17) is 5.26 Å². The predicted molar refractivity (Wildman–Crippen MR) is 143 cm³/mol. The van der Waals surface area contributed by atoms with Gasteiger partial charge in [0.2, 0.25) is 0 Å². The molecular formula is C26H31FN8OS. The van der Waals surface area contributed by atoms with Crippen LogP contribution in [0.5, 0.6) is 0 Å². The Bertz CT molecular complexity index is 1570. The maximum absolute atomic E-state index is 15.6. The molecule has 3 atom stereocenters. The summed E-state index contributed by atoms with van der Waals surface area (Å²) in [6.07, 6.45) is 3.41. The standard InChI is InChI=1S/C26H31FN8OS/c1-6-17-13-35(25-23-21(32(5)26(36)30-25)14-33(31-23)11-10-28)18(7-2)12-34(17)15(3)19-8-9-20-24(22(19)27)37-16(4)29-20/h8-9,14-15,17-18H,6-7,11-13H2,1-5H3/t15-,17+,18-/m0/s1. The lowest BCUT2D eigenvalue weighted by Crippen LogP contribution is -2.59. The molecule has 3 aromatic heterocycles. The van der Waals surface area contributed by atoms with E-state index in [9.17, 15) is 4.79 Å². The molecule has 1 fully saturated rings. The van der Waals surface area contributed by atoms with Crippen molar-refractivity contribution < 1.29 is 4.39 Å². The van der Waals surface area contributed by atoms with Gasteiger partial charge in [0.15, 0.2) is 11.3 Å². The lowest BCUT2D eigenvalue weighted by Gasteiger charge is -2.49. The van der Waals surface area contributed by atoms with Gasteiger partial charge in [-0.15, -0.1) is 11.3 Å². The van der Waals surface area contributed by atoms with Crippen molar-refractivity contribution in [1.82, 2.24) is 29.2 Å². The molecule has 11 heteroatoms. The summed E-state index contributed by atoms with van der Waals surface area (Å²) >= 11 is 1.39. The molecule has 1 aliphatic rings. The molecule has 0 unspecified atom stereocenters. The molecule has 0 amide bonds. The van der Waals surface area contributed by atoms with Gasteiger partial charge in [-0.05, 0) is 32.8 Å². The van der Waals surface area contributed by atoms with E-state index in [0.29, 0.717) is 45.7 Å². The van der Waals surface area contributed by atoms with Crippen LogP contribution < -0.4 is 10.6 Å². The average Bonchev–Trinajstić information content (AvgIpc) is 3.49. The van der Waals surface area contributed by atoms with Crippen LogP contribution in [0.4, 0.5) is 10.2 Å². The number of fused-ring (bicyclic) bond motifs is 2. The molecule has 1 saturated heterocycles. The molecule has 4 aromatic rings. The fourth-order valence-electron chi connectivity index (χ4n) is 5.50. The SMILES string of the molecule is CC[C@H]1CN([C@@H](C)c2ccc3nc(C)sc3c2F)[C@H](CC)CN1c1nc(=O)n(C)c2cn(CC#N)nc12. The Morgan fingerprint density at radius 2 is 1.97 bits per heavy atom. The fraction of sp³-hybridized carbons (Fsp3) is 0.500. The number of piperazine rings is 1. The molecular weight excluding hydrogens is 491 g/mol. The summed E-state index contributed by atoms with van der Waals surface area (Å²) in [6.45, 7) is 9.66. The molecule has 0 bridgehead atoms. The van der Waals surface area contributed by atoms with E-state index in [1.807, 2.05) is 19.1 Å². The van der Waals surface area contributed by atoms with Crippen molar-refractivity contribution in [3.8, 4) is 6.07 Å². The van der Waals surface area contributed by atoms with Gasteiger partial charge in [0, 0.05) is 43.8 Å². The van der Waals surface area contributed by atoms with Crippen molar-refractivity contribution in [2.45, 2.75) is 65.2 Å². The van der Waals surface area contributed by atoms with Gasteiger partial charge in [-0.1, -0.05) is 19.9 Å². The predicted octanol–water partition coefficient (Wildman–Crippen LogP) is 4.15. The van der Waals surface area contributed by atoms with Gasteiger partial charge in [0.25, 0.3) is 0 Å². The molecule has 37 heavy (non-hydrogen) atoms. The summed E-state index contributed by atoms with van der Waals surface area (Å²) in [7, 11) is 1.67. The van der Waals surface area contributed by atoms with E-state index in [1.54, 1.807) is 17.9 Å². The van der Waals surface area contributed by atoms with Crippen LogP contribution in [0.1, 0.15) is 50.2 Å². The molecule has 9 nitrogen and oxygen atoms in total. The molecule has 0 N–H and O–H groups in total. The van der Waals surface area contributed by atoms with Crippen LogP contribution in [0.2, 0.25) is 0 Å². The van der Waals surface area contributed by atoms with Crippen LogP contribution in [0.15, 0.2) is 23.1 Å². The van der Waals surface area contributed by atoms with Gasteiger partial charge in [-0.3, -0.25) is 14.1 Å². The first-order valence-electron chi connectivity index (χ1n) is 12.7. The summed E-state index contributed by atoms with van der Waals surface area (Å²) < 4.78 is 19.2. The molecule has 1 aliphatic heterocycles. The number of aryl methyl sites for hydroxylation is 2. The zero-order valence-electron chi connectivity index (χ0n) is 21.8. The average molecular weight is 523 g/mol. The molecule has 0 aliphatic carbocycles. The molecule has 194 valence electrons. The van der Waals surface area contributed by atoms with Gasteiger partial charge in [-0.25, -0.2) is 14.2 Å². The second-order valence-electron chi connectivity index (χ2n) is 9.69. The maximum atomic E-state index is 15.6. The summed E-state index contributed by atoms with van der Waals surface area (Å²) in [4.78, 5) is 26.2. The van der Waals surface area contributed by atoms with Gasteiger partial charge in [0.05, 0.1) is 33.0 Å². The van der Waals surface area contributed by atoms with Crippen molar-refractivity contribution in [3.05, 3.63) is 45.2 Å². The molecule has 0 saturated carbocycles. The lowest BCUT2D eigenvalue weighted by atomic mass is 9.96. The maximum Gasteiger partial charge on any atom is 0.349 e. The highest BCUT2D eigenvalue weighted by atomic mass is 32.1. The molecule has 5 rings (SSSR count). The van der Waals surface area contributed by atoms with E-state index < -0.39 is 0 Å². The fourth-order valence-corrected chi connectivity index (χ4v) is 6.36. The Hall–Kier alpha value is -3.36. The normalized spacial score (nSPS) is 19.5. The molecule has 0 spiro atoms. The second kappa shape index (κ2) is 9.84. The van der Waals surface area contributed by atoms with E-state index in [2.05, 4.69) is 51.7 Å². The van der Waals surface area contributed by atoms with E-state index in [0.717, 1.165) is 17.8 Å². The van der Waals surface area contributed by atoms with Crippen LogP contribution in [0, 0.1) is 24.1 Å². The Morgan fingerprint density at radius 3 is 2.68 bits per heavy atom. The number of thiazole rings is 1. The van der Waals surface area contributed by atoms with Crippen molar-refractivity contribution in [1.29, 1.82) is 5.26 Å². The highest BCUT2D eigenvalue weighted by Gasteiger charge is 2.37. The Kier molecular flexibility index (Phi) is 6.72. The largest absolute Gasteiger partial charge is 0.349 e. The zero-order valence-corrected chi connectivity index (χ0v) is 22.6. The quantitative estimate of drug-likeness (QED) is 0.375. The van der Waals surface area contributed by atoms with Crippen molar-refractivity contribution in [3.63, 3.8) is 0 Å². The Balaban J connectivity index is 1.52. The number of aromatic nitrogens is 5. The highest BCUT2D eigenvalue weighted by Crippen LogP contribution is 2.36. The van der Waals surface area contributed by atoms with E-state index in [-0.39, 0.29) is 36.2 Å². The van der Waals surface area contributed by atoms with E-state index in [1.165, 1.54) is 15.9 Å². The van der Waals surface area contributed by atoms with Gasteiger partial charge < -0.3 is 4.90 Å². The summed E-state index contributed by atoms with van der Waals surface area (Å²) in [6, 6.07) is 5.95. The molecule has 0 radical (unpaired) electrons. The first kappa shape index (κ1) is 25.3. The lowest BCUT2D eigenvalue weighted by molar-refractivity contribution is 0.0991. The summed E-state index contributed by atoms with van der Waals surface area (Å²) in [5.74, 6) is 0.374. The van der Waals surface area contributed by atoms with Crippen LogP contribution in [-0.2, 0) is 13.6 Å². The minimum absolute atomic E-state index is 0.0617. The third-order valence-corrected chi connectivity index (χ3v) is 8.55. The number of rotatable bonds is 6. The van der Waals surface area contributed by atoms with Crippen LogP contribution >= 0.6 is 11.3 Å². The van der Waals surface area contributed by atoms with Crippen molar-refractivity contribution >= 4 is 38.4 Å². The number of hydrogen-bond acceptors (Lipinski definition) is 8. The minimum Gasteiger partial charge on any atom is -0.349 e. The van der Waals surface area contributed by atoms with Crippen LogP contribution in [0.3, 0.4) is 0 Å². The third kappa shape index (κ3) is 4.28. The minimum atomic E-state index is -0.354. The highest BCUT2D eigenvalue weighted by molar-refractivity contribution is 7.18. The van der Waals surface area contributed by atoms with Gasteiger partial charge in [0.1, 0.15) is 12.4 Å². The topological polar surface area (TPSA) is 95.9 Å². The number of halogens is 1.